The van der Waals surface area contributed by atoms with Gasteiger partial charge in [0.05, 0.1) is 0 Å². The van der Waals surface area contributed by atoms with Crippen LogP contribution in [0.3, 0.4) is 0 Å². The normalized spacial score (nSPS) is 10.7. The van der Waals surface area contributed by atoms with Gasteiger partial charge in [-0.2, -0.15) is 0 Å². The van der Waals surface area contributed by atoms with Gasteiger partial charge in [0, 0.05) is 6.20 Å². The van der Waals surface area contributed by atoms with Gasteiger partial charge in [-0.1, -0.05) is 57.9 Å². The Morgan fingerprint density at radius 3 is 2.20 bits per heavy atom. The molecule has 87 valence electrons. The van der Waals surface area contributed by atoms with Gasteiger partial charge in [-0.3, -0.25) is 4.79 Å². The molecule has 2 heteroatoms. The van der Waals surface area contributed by atoms with Crippen LogP contribution in [-0.4, -0.2) is 6.41 Å². The third-order valence-electron chi connectivity index (χ3n) is 2.48. The highest BCUT2D eigenvalue weighted by Gasteiger charge is 1.89. The lowest BCUT2D eigenvalue weighted by Crippen LogP contribution is -1.97. The van der Waals surface area contributed by atoms with Crippen LogP contribution in [0.15, 0.2) is 12.3 Å². The third kappa shape index (κ3) is 13.2. The zero-order valence-corrected chi connectivity index (χ0v) is 9.93. The molecule has 0 spiro atoms. The zero-order chi connectivity index (χ0) is 11.2. The van der Waals surface area contributed by atoms with Crippen LogP contribution in [0.1, 0.15) is 64.7 Å². The standard InChI is InChI=1S/C13H24NO/c1-2-3-4-5-6-7-8-9-10-11-12-14-13-15/h11-12H,2-10H2,1H3,(H,14,15). The molecule has 1 N–H and O–H groups in total. The van der Waals surface area contributed by atoms with E-state index in [-0.39, 0.29) is 0 Å². The van der Waals surface area contributed by atoms with Crippen LogP contribution < -0.4 is 5.32 Å². The highest BCUT2D eigenvalue weighted by Crippen LogP contribution is 2.09. The number of unbranched alkanes of at least 4 members (excludes halogenated alkanes) is 8. The number of hydrogen-bond donors (Lipinski definition) is 1. The van der Waals surface area contributed by atoms with Crippen molar-refractivity contribution in [2.75, 3.05) is 0 Å². The number of rotatable bonds is 11. The lowest BCUT2D eigenvalue weighted by atomic mass is 10.1. The molecule has 2 nitrogen and oxygen atoms in total. The minimum absolute atomic E-state index is 1.06. The van der Waals surface area contributed by atoms with Crippen molar-refractivity contribution in [2.24, 2.45) is 0 Å². The number of carbonyl (C=O) groups excluding carboxylic acids is 1. The van der Waals surface area contributed by atoms with E-state index in [1.54, 1.807) is 12.6 Å². The van der Waals surface area contributed by atoms with Gasteiger partial charge in [0.15, 0.2) is 0 Å². The van der Waals surface area contributed by atoms with Crippen molar-refractivity contribution in [3.05, 3.63) is 12.3 Å². The molecule has 0 saturated carbocycles. The van der Waals surface area contributed by atoms with E-state index in [0.29, 0.717) is 0 Å². The van der Waals surface area contributed by atoms with Crippen LogP contribution in [0.5, 0.6) is 0 Å². The number of amides is 1. The predicted molar refractivity (Wildman–Crippen MR) is 65.2 cm³/mol. The van der Waals surface area contributed by atoms with Gasteiger partial charge in [-0.15, -0.1) is 0 Å². The Labute approximate surface area is 94.1 Å². The van der Waals surface area contributed by atoms with Crippen LogP contribution in [0, 0.1) is 0 Å². The molecule has 1 amide bonds. The summed E-state index contributed by atoms with van der Waals surface area (Å²) in [5, 5.41) is 2.39. The molecule has 15 heavy (non-hydrogen) atoms. The summed E-state index contributed by atoms with van der Waals surface area (Å²) in [6.45, 7) is 2.25. The molecule has 0 saturated heterocycles. The van der Waals surface area contributed by atoms with Crippen molar-refractivity contribution in [3.8, 4) is 0 Å². The Balaban J connectivity index is 2.95. The van der Waals surface area contributed by atoms with Gasteiger partial charge in [0.25, 0.3) is 0 Å². The van der Waals surface area contributed by atoms with Gasteiger partial charge in [0.2, 0.25) is 0 Å². The molecule has 0 atom stereocenters. The maximum Gasteiger partial charge on any atom is 0.313 e. The van der Waals surface area contributed by atoms with Gasteiger partial charge in [0.1, 0.15) is 0 Å². The maximum atomic E-state index is 9.78. The highest BCUT2D eigenvalue weighted by molar-refractivity contribution is 5.48. The van der Waals surface area contributed by atoms with E-state index in [4.69, 9.17) is 0 Å². The van der Waals surface area contributed by atoms with Gasteiger partial charge >= 0.3 is 6.41 Å². The third-order valence-corrected chi connectivity index (χ3v) is 2.48. The van der Waals surface area contributed by atoms with Crippen LogP contribution >= 0.6 is 0 Å². The number of nitrogens with one attached hydrogen (secondary N) is 1. The molecular weight excluding hydrogens is 186 g/mol. The SMILES string of the molecule is CCCCCCCCCCC=CN[C]=O. The summed E-state index contributed by atoms with van der Waals surface area (Å²) < 4.78 is 0. The fourth-order valence-electron chi connectivity index (χ4n) is 1.57. The van der Waals surface area contributed by atoms with E-state index in [2.05, 4.69) is 12.2 Å². The zero-order valence-electron chi connectivity index (χ0n) is 9.93. The van der Waals surface area contributed by atoms with E-state index in [0.717, 1.165) is 6.42 Å². The number of allylic oxidation sites excluding steroid dienone is 1. The summed E-state index contributed by atoms with van der Waals surface area (Å²) >= 11 is 0. The molecule has 0 aromatic heterocycles. The van der Waals surface area contributed by atoms with Crippen LogP contribution in [0.2, 0.25) is 0 Å². The van der Waals surface area contributed by atoms with Crippen LogP contribution in [-0.2, 0) is 4.79 Å². The Kier molecular flexibility index (Phi) is 12.5. The fourth-order valence-corrected chi connectivity index (χ4v) is 1.57. The van der Waals surface area contributed by atoms with Crippen molar-refractivity contribution in [2.45, 2.75) is 64.7 Å². The summed E-state index contributed by atoms with van der Waals surface area (Å²) in [4.78, 5) is 9.78. The first kappa shape index (κ1) is 14.2. The minimum atomic E-state index is 1.06. The minimum Gasteiger partial charge on any atom is -0.325 e. The summed E-state index contributed by atoms with van der Waals surface area (Å²) in [5.41, 5.74) is 0. The van der Waals surface area contributed by atoms with Crippen molar-refractivity contribution in [1.29, 1.82) is 0 Å². The molecule has 0 bridgehead atoms. The lowest BCUT2D eigenvalue weighted by Gasteiger charge is -1.99. The molecule has 1 radical (unpaired) electrons. The van der Waals surface area contributed by atoms with E-state index in [1.807, 2.05) is 6.08 Å². The Hall–Kier alpha value is -0.790. The second kappa shape index (κ2) is 13.2. The van der Waals surface area contributed by atoms with Gasteiger partial charge in [-0.05, 0) is 12.8 Å². The Bertz CT molecular complexity index is 155. The average molecular weight is 210 g/mol. The molecule has 0 heterocycles. The molecule has 0 aliphatic rings. The Morgan fingerprint density at radius 1 is 1.00 bits per heavy atom. The van der Waals surface area contributed by atoms with E-state index in [1.165, 1.54) is 51.4 Å². The number of hydrogen-bond acceptors (Lipinski definition) is 1. The monoisotopic (exact) mass is 210 g/mol. The van der Waals surface area contributed by atoms with Crippen molar-refractivity contribution < 1.29 is 4.79 Å². The second-order valence-electron chi connectivity index (χ2n) is 3.91. The first-order valence-electron chi connectivity index (χ1n) is 6.19. The summed E-state index contributed by atoms with van der Waals surface area (Å²) in [6, 6.07) is 0. The van der Waals surface area contributed by atoms with Crippen molar-refractivity contribution >= 4 is 6.41 Å². The fraction of sp³-hybridized carbons (Fsp3) is 0.769. The molecule has 0 aliphatic heterocycles. The highest BCUT2D eigenvalue weighted by atomic mass is 16.1. The van der Waals surface area contributed by atoms with Crippen LogP contribution in [0.4, 0.5) is 0 Å². The lowest BCUT2D eigenvalue weighted by molar-refractivity contribution is 0.550. The van der Waals surface area contributed by atoms with Crippen molar-refractivity contribution in [3.63, 3.8) is 0 Å². The maximum absolute atomic E-state index is 9.78. The van der Waals surface area contributed by atoms with E-state index < -0.39 is 0 Å². The molecule has 0 unspecified atom stereocenters. The van der Waals surface area contributed by atoms with Gasteiger partial charge < -0.3 is 5.32 Å². The molecule has 0 aliphatic carbocycles. The first-order valence-corrected chi connectivity index (χ1v) is 6.19. The second-order valence-corrected chi connectivity index (χ2v) is 3.91. The summed E-state index contributed by atoms with van der Waals surface area (Å²) in [5.74, 6) is 0. The molecule has 0 aromatic rings. The van der Waals surface area contributed by atoms with E-state index in [9.17, 15) is 4.79 Å². The van der Waals surface area contributed by atoms with Crippen molar-refractivity contribution in [1.82, 2.24) is 5.32 Å². The summed E-state index contributed by atoms with van der Waals surface area (Å²) in [6.07, 6.45) is 17.1. The average Bonchev–Trinajstić information content (AvgIpc) is 2.26. The first-order chi connectivity index (χ1) is 7.41. The quantitative estimate of drug-likeness (QED) is 0.409. The molecule has 0 rings (SSSR count). The van der Waals surface area contributed by atoms with E-state index >= 15 is 0 Å². The van der Waals surface area contributed by atoms with Crippen LogP contribution in [0.25, 0.3) is 0 Å². The molecule has 0 fully saturated rings. The predicted octanol–water partition coefficient (Wildman–Crippen LogP) is 3.69. The largest absolute Gasteiger partial charge is 0.325 e. The molecular formula is C13H24NO. The molecule has 0 aromatic carbocycles. The van der Waals surface area contributed by atoms with Gasteiger partial charge in [-0.25, -0.2) is 0 Å². The topological polar surface area (TPSA) is 29.1 Å². The summed E-state index contributed by atoms with van der Waals surface area (Å²) in [7, 11) is 0. The smallest absolute Gasteiger partial charge is 0.313 e. The Morgan fingerprint density at radius 2 is 1.60 bits per heavy atom.